The summed E-state index contributed by atoms with van der Waals surface area (Å²) in [7, 11) is -8.01. The molecule has 0 spiro atoms. The predicted molar refractivity (Wildman–Crippen MR) is 75.4 cm³/mol. The van der Waals surface area contributed by atoms with Gasteiger partial charge >= 0.3 is 13.8 Å². The van der Waals surface area contributed by atoms with Gasteiger partial charge in [-0.1, -0.05) is 0 Å². The minimum Gasteiger partial charge on any atom is -0.310 e. The molecule has 24 heavy (non-hydrogen) atoms. The third-order valence-electron chi connectivity index (χ3n) is 2.53. The van der Waals surface area contributed by atoms with Crippen LogP contribution in [0.1, 0.15) is 19.4 Å². The summed E-state index contributed by atoms with van der Waals surface area (Å²) in [5, 5.41) is 0. The molecule has 1 aromatic carbocycles. The lowest BCUT2D eigenvalue weighted by molar-refractivity contribution is -0.140. The van der Waals surface area contributed by atoms with E-state index in [4.69, 9.17) is 4.52 Å². The highest BCUT2D eigenvalue weighted by Crippen LogP contribution is 2.49. The van der Waals surface area contributed by atoms with Crippen LogP contribution >= 0.6 is 7.60 Å². The number of hydrogen-bond donors (Lipinski definition) is 0. The van der Waals surface area contributed by atoms with E-state index in [-0.39, 0.29) is 6.07 Å². The monoisotopic (exact) mass is 394 g/mol. The van der Waals surface area contributed by atoms with Gasteiger partial charge in [0.05, 0.1) is 11.7 Å². The maximum atomic E-state index is 13.0. The number of benzene rings is 1. The van der Waals surface area contributed by atoms with Crippen LogP contribution in [0.5, 0.6) is 0 Å². The number of halogens is 4. The largest absolute Gasteiger partial charge is 0.417 e. The van der Waals surface area contributed by atoms with Crippen molar-refractivity contribution < 1.29 is 43.8 Å². The van der Waals surface area contributed by atoms with Crippen molar-refractivity contribution in [2.75, 3.05) is 13.5 Å². The Morgan fingerprint density at radius 3 is 2.29 bits per heavy atom. The van der Waals surface area contributed by atoms with Gasteiger partial charge in [0, 0.05) is 7.11 Å². The van der Waals surface area contributed by atoms with Gasteiger partial charge in [-0.15, -0.1) is 0 Å². The first-order chi connectivity index (χ1) is 10.8. The van der Waals surface area contributed by atoms with E-state index in [2.05, 4.69) is 8.71 Å². The third kappa shape index (κ3) is 5.52. The fourth-order valence-corrected chi connectivity index (χ4v) is 4.36. The third-order valence-corrected chi connectivity index (χ3v) is 5.77. The van der Waals surface area contributed by atoms with E-state index < -0.39 is 52.6 Å². The van der Waals surface area contributed by atoms with Gasteiger partial charge in [-0.2, -0.15) is 21.6 Å². The molecule has 138 valence electrons. The molecule has 0 saturated heterocycles. The molecule has 6 nitrogen and oxygen atoms in total. The van der Waals surface area contributed by atoms with E-state index >= 15 is 0 Å². The second kappa shape index (κ2) is 7.49. The molecule has 0 fully saturated rings. The van der Waals surface area contributed by atoms with E-state index in [0.29, 0.717) is 12.1 Å². The van der Waals surface area contributed by atoms with Crippen molar-refractivity contribution in [1.29, 1.82) is 0 Å². The van der Waals surface area contributed by atoms with Gasteiger partial charge in [0.2, 0.25) is 0 Å². The zero-order valence-corrected chi connectivity index (χ0v) is 14.5. The van der Waals surface area contributed by atoms with E-state index in [0.717, 1.165) is 7.11 Å². The van der Waals surface area contributed by atoms with E-state index in [1.54, 1.807) is 0 Å². The van der Waals surface area contributed by atoms with Crippen molar-refractivity contribution in [3.05, 3.63) is 29.6 Å². The molecule has 0 aliphatic heterocycles. The van der Waals surface area contributed by atoms with Gasteiger partial charge in [0.1, 0.15) is 10.7 Å². The molecule has 1 aromatic rings. The van der Waals surface area contributed by atoms with Crippen LogP contribution in [0, 0.1) is 5.82 Å². The first-order valence-corrected chi connectivity index (χ1v) is 9.54. The van der Waals surface area contributed by atoms with Gasteiger partial charge in [-0.05, 0) is 32.0 Å². The predicted octanol–water partition coefficient (Wildman–Crippen LogP) is 3.77. The Kier molecular flexibility index (Phi) is 6.56. The van der Waals surface area contributed by atoms with Gasteiger partial charge in [0.25, 0.3) is 10.1 Å². The lowest BCUT2D eigenvalue weighted by Gasteiger charge is -2.19. The summed E-state index contributed by atoms with van der Waals surface area (Å²) in [6, 6.07) is 0.970. The molecule has 1 atom stereocenters. The summed E-state index contributed by atoms with van der Waals surface area (Å²) >= 11 is 0. The van der Waals surface area contributed by atoms with Gasteiger partial charge in [-0.3, -0.25) is 8.75 Å². The molecule has 0 amide bonds. The Bertz CT molecular complexity index is 732. The number of rotatable bonds is 7. The van der Waals surface area contributed by atoms with Crippen LogP contribution < -0.4 is 0 Å². The zero-order valence-electron chi connectivity index (χ0n) is 12.8. The lowest BCUT2D eigenvalue weighted by Crippen LogP contribution is -2.17. The molecule has 1 unspecified atom stereocenters. The number of hydrogen-bond acceptors (Lipinski definition) is 6. The molecule has 12 heteroatoms. The number of alkyl halides is 3. The Hall–Kier alpha value is -1.00. The molecule has 0 aliphatic carbocycles. The fraction of sp³-hybridized carbons (Fsp3) is 0.500. The average molecular weight is 394 g/mol. The Morgan fingerprint density at radius 1 is 1.25 bits per heavy atom. The van der Waals surface area contributed by atoms with Gasteiger partial charge in [-0.25, -0.2) is 4.39 Å². The molecule has 0 N–H and O–H groups in total. The molecular formula is C12H15F4O6PS. The summed E-state index contributed by atoms with van der Waals surface area (Å²) in [5.41, 5.74) is -1.74. The second-order valence-corrected chi connectivity index (χ2v) is 8.43. The fourth-order valence-electron chi connectivity index (χ4n) is 1.59. The van der Waals surface area contributed by atoms with Crippen molar-refractivity contribution in [2.24, 2.45) is 0 Å². The summed E-state index contributed by atoms with van der Waals surface area (Å²) in [4.78, 5) is -1.30. The smallest absolute Gasteiger partial charge is 0.310 e. The highest BCUT2D eigenvalue weighted by molar-refractivity contribution is 7.87. The minimum absolute atomic E-state index is 0.0246. The van der Waals surface area contributed by atoms with Crippen molar-refractivity contribution in [3.8, 4) is 0 Å². The normalized spacial score (nSPS) is 15.5. The topological polar surface area (TPSA) is 78.9 Å². The highest BCUT2D eigenvalue weighted by atomic mass is 32.2. The second-order valence-electron chi connectivity index (χ2n) is 4.79. The Balaban J connectivity index is 3.16. The average Bonchev–Trinajstić information content (AvgIpc) is 2.43. The van der Waals surface area contributed by atoms with Crippen molar-refractivity contribution >= 4 is 17.7 Å². The summed E-state index contributed by atoms with van der Waals surface area (Å²) in [5.74, 6) is -1.27. The standard InChI is InChI=1S/C12H15F4O6PS/c1-8(2)22-23(17,20-3)7-21-24(18,19)11-5-4-9(13)6-10(11)12(14,15)16/h4-6,8H,7H2,1-3H3. The van der Waals surface area contributed by atoms with Crippen LogP contribution in [0.15, 0.2) is 23.1 Å². The van der Waals surface area contributed by atoms with Crippen molar-refractivity contribution in [1.82, 2.24) is 0 Å². The van der Waals surface area contributed by atoms with Gasteiger partial charge < -0.3 is 9.05 Å². The maximum absolute atomic E-state index is 13.0. The first kappa shape index (κ1) is 21.0. The molecule has 0 bridgehead atoms. The molecular weight excluding hydrogens is 379 g/mol. The Labute approximate surface area is 136 Å². The van der Waals surface area contributed by atoms with Crippen LogP contribution in [0.2, 0.25) is 0 Å². The van der Waals surface area contributed by atoms with E-state index in [1.807, 2.05) is 0 Å². The molecule has 0 saturated carbocycles. The van der Waals surface area contributed by atoms with E-state index in [1.165, 1.54) is 13.8 Å². The molecule has 0 heterocycles. The van der Waals surface area contributed by atoms with Crippen LogP contribution in [0.3, 0.4) is 0 Å². The summed E-state index contributed by atoms with van der Waals surface area (Å²) < 4.78 is 102. The molecule has 1 rings (SSSR count). The van der Waals surface area contributed by atoms with Crippen LogP contribution in [-0.4, -0.2) is 28.0 Å². The molecule has 0 aromatic heterocycles. The molecule has 0 aliphatic rings. The minimum atomic E-state index is -5.13. The molecule has 0 radical (unpaired) electrons. The lowest BCUT2D eigenvalue weighted by atomic mass is 10.2. The highest BCUT2D eigenvalue weighted by Gasteiger charge is 2.39. The van der Waals surface area contributed by atoms with Crippen LogP contribution in [-0.2, 0) is 34.1 Å². The zero-order chi connectivity index (χ0) is 18.8. The van der Waals surface area contributed by atoms with Gasteiger partial charge in [0.15, 0.2) is 6.35 Å². The summed E-state index contributed by atoms with van der Waals surface area (Å²) in [6.07, 6.45) is -6.87. The quantitative estimate of drug-likeness (QED) is 0.398. The van der Waals surface area contributed by atoms with Crippen molar-refractivity contribution in [3.63, 3.8) is 0 Å². The van der Waals surface area contributed by atoms with Crippen molar-refractivity contribution in [2.45, 2.75) is 31.0 Å². The van der Waals surface area contributed by atoms with E-state index in [9.17, 15) is 30.5 Å². The van der Waals surface area contributed by atoms with Crippen LogP contribution in [0.4, 0.5) is 17.6 Å². The Morgan fingerprint density at radius 2 is 1.83 bits per heavy atom. The summed E-state index contributed by atoms with van der Waals surface area (Å²) in [6.45, 7) is 2.98. The first-order valence-electron chi connectivity index (χ1n) is 6.40. The van der Waals surface area contributed by atoms with Crippen LogP contribution in [0.25, 0.3) is 0 Å². The SMILES string of the molecule is COP(=O)(COS(=O)(=O)c1ccc(F)cc1C(F)(F)F)OC(C)C. The maximum Gasteiger partial charge on any atom is 0.417 e.